The van der Waals surface area contributed by atoms with Gasteiger partial charge < -0.3 is 0 Å². The van der Waals surface area contributed by atoms with Gasteiger partial charge in [0.2, 0.25) is 0 Å². The van der Waals surface area contributed by atoms with Crippen LogP contribution < -0.4 is 0 Å². The molecule has 0 aromatic heterocycles. The van der Waals surface area contributed by atoms with Gasteiger partial charge in [0.1, 0.15) is 5.82 Å². The normalized spacial score (nSPS) is 26.1. The first kappa shape index (κ1) is 30.3. The lowest BCUT2D eigenvalue weighted by Crippen LogP contribution is -2.36. The van der Waals surface area contributed by atoms with E-state index in [0.29, 0.717) is 18.1 Å². The average molecular weight is 471 g/mol. The highest BCUT2D eigenvalue weighted by Crippen LogP contribution is 2.48. The predicted octanol–water partition coefficient (Wildman–Crippen LogP) is 9.76. The van der Waals surface area contributed by atoms with E-state index < -0.39 is 0 Å². The van der Waals surface area contributed by atoms with Gasteiger partial charge in [-0.05, 0) is 105 Å². The summed E-state index contributed by atoms with van der Waals surface area (Å²) in [4.78, 5) is 13.4. The van der Waals surface area contributed by atoms with Crippen LogP contribution in [0.1, 0.15) is 104 Å². The number of fused-ring (bicyclic) bond motifs is 1. The van der Waals surface area contributed by atoms with E-state index in [-0.39, 0.29) is 11.7 Å². The highest BCUT2D eigenvalue weighted by Gasteiger charge is 2.40. The zero-order valence-corrected chi connectivity index (χ0v) is 22.8. The molecule has 2 heteroatoms. The van der Waals surface area contributed by atoms with Gasteiger partial charge >= 0.3 is 0 Å². The molecule has 2 fully saturated rings. The molecule has 4 rings (SSSR count). The molecule has 3 aliphatic carbocycles. The van der Waals surface area contributed by atoms with Crippen LogP contribution in [0.4, 0.5) is 4.39 Å². The van der Waals surface area contributed by atoms with E-state index in [0.717, 1.165) is 48.2 Å². The number of rotatable bonds is 6. The minimum Gasteiger partial charge on any atom is -0.294 e. The lowest BCUT2D eigenvalue weighted by atomic mass is 9.61. The Labute approximate surface area is 210 Å². The first-order valence-corrected chi connectivity index (χ1v) is 14.1. The maximum atomic E-state index is 13.8. The summed E-state index contributed by atoms with van der Waals surface area (Å²) in [6.45, 7) is 16.3. The third kappa shape index (κ3) is 8.51. The van der Waals surface area contributed by atoms with Crippen LogP contribution in [0, 0.1) is 35.4 Å². The summed E-state index contributed by atoms with van der Waals surface area (Å²) in [5.41, 5.74) is 2.03. The van der Waals surface area contributed by atoms with Crippen LogP contribution >= 0.6 is 0 Å². The van der Waals surface area contributed by atoms with Crippen LogP contribution in [-0.2, 0) is 11.2 Å². The largest absolute Gasteiger partial charge is 0.294 e. The molecular formula is C32H51FO. The molecule has 3 aliphatic rings. The van der Waals surface area contributed by atoms with Crippen LogP contribution in [0.5, 0.6) is 0 Å². The summed E-state index contributed by atoms with van der Waals surface area (Å²) >= 11 is 0. The maximum absolute atomic E-state index is 13.8. The van der Waals surface area contributed by atoms with Gasteiger partial charge in [0.05, 0.1) is 0 Å². The average Bonchev–Trinajstić information content (AvgIpc) is 3.45. The molecule has 1 nitrogen and oxygen atoms in total. The van der Waals surface area contributed by atoms with E-state index in [4.69, 9.17) is 0 Å². The first-order chi connectivity index (χ1) is 16.6. The van der Waals surface area contributed by atoms with Crippen LogP contribution in [0.2, 0.25) is 0 Å². The lowest BCUT2D eigenvalue weighted by Gasteiger charge is -2.44. The molecule has 0 amide bonds. The summed E-state index contributed by atoms with van der Waals surface area (Å²) in [6.07, 6.45) is 15.1. The van der Waals surface area contributed by atoms with Gasteiger partial charge in [-0.3, -0.25) is 4.79 Å². The molecule has 34 heavy (non-hydrogen) atoms. The van der Waals surface area contributed by atoms with E-state index in [1.54, 1.807) is 12.1 Å². The smallest absolute Gasteiger partial charge is 0.162 e. The fourth-order valence-electron chi connectivity index (χ4n) is 6.28. The minimum atomic E-state index is -0.189. The predicted molar refractivity (Wildman–Crippen MR) is 146 cm³/mol. The first-order valence-electron chi connectivity index (χ1n) is 14.1. The molecule has 0 heterocycles. The number of hydrogen-bond acceptors (Lipinski definition) is 1. The number of allylic oxidation sites excluding steroid dienone is 2. The van der Waals surface area contributed by atoms with Crippen molar-refractivity contribution in [3.8, 4) is 0 Å². The topological polar surface area (TPSA) is 17.1 Å². The van der Waals surface area contributed by atoms with Gasteiger partial charge in [-0.25, -0.2) is 4.39 Å². The van der Waals surface area contributed by atoms with Crippen molar-refractivity contribution < 1.29 is 9.18 Å². The zero-order chi connectivity index (χ0) is 25.5. The number of halogens is 1. The van der Waals surface area contributed by atoms with E-state index in [1.807, 2.05) is 33.8 Å². The second-order valence-corrected chi connectivity index (χ2v) is 9.61. The molecule has 0 N–H and O–H groups in total. The van der Waals surface area contributed by atoms with E-state index >= 15 is 0 Å². The van der Waals surface area contributed by atoms with Crippen molar-refractivity contribution >= 4 is 5.78 Å². The third-order valence-corrected chi connectivity index (χ3v) is 7.95. The number of benzene rings is 1. The molecule has 5 atom stereocenters. The van der Waals surface area contributed by atoms with Gasteiger partial charge in [0.15, 0.2) is 5.78 Å². The Kier molecular flexibility index (Phi) is 15.0. The molecule has 0 bridgehead atoms. The number of Topliss-reactive ketones (excluding diaryl/α,β-unsaturated/α-hetero) is 1. The Morgan fingerprint density at radius 2 is 1.71 bits per heavy atom. The van der Waals surface area contributed by atoms with Gasteiger partial charge in [-0.2, -0.15) is 0 Å². The second kappa shape index (κ2) is 16.8. The Bertz CT molecular complexity index is 736. The summed E-state index contributed by atoms with van der Waals surface area (Å²) < 4.78 is 13.8. The molecule has 1 aromatic rings. The SMILES string of the molecule is C=C.CC.CC.CCC1CC[C@@H]2C[C@H](C(Cc3cccc(F)c3)C(=O)C3=CCCC3)CC[C@@H]2C1. The molecule has 2 saturated carbocycles. The maximum Gasteiger partial charge on any atom is 0.162 e. The molecule has 0 saturated heterocycles. The molecule has 1 aromatic carbocycles. The number of carbonyl (C=O) groups excluding carboxylic acids is 1. The molecular weight excluding hydrogens is 419 g/mol. The second-order valence-electron chi connectivity index (χ2n) is 9.61. The van der Waals surface area contributed by atoms with Crippen molar-refractivity contribution in [3.63, 3.8) is 0 Å². The van der Waals surface area contributed by atoms with Crippen molar-refractivity contribution in [2.45, 2.75) is 105 Å². The molecule has 0 radical (unpaired) electrons. The van der Waals surface area contributed by atoms with Crippen LogP contribution in [-0.4, -0.2) is 5.78 Å². The van der Waals surface area contributed by atoms with Crippen LogP contribution in [0.25, 0.3) is 0 Å². The van der Waals surface area contributed by atoms with E-state index in [9.17, 15) is 9.18 Å². The summed E-state index contributed by atoms with van der Waals surface area (Å²) in [5.74, 6) is 3.30. The van der Waals surface area contributed by atoms with Crippen molar-refractivity contribution in [1.82, 2.24) is 0 Å². The number of carbonyl (C=O) groups is 1. The van der Waals surface area contributed by atoms with Gasteiger partial charge in [-0.1, -0.05) is 65.7 Å². The van der Waals surface area contributed by atoms with Gasteiger partial charge in [0, 0.05) is 5.92 Å². The fraction of sp³-hybridized carbons (Fsp3) is 0.656. The Morgan fingerprint density at radius 1 is 1.03 bits per heavy atom. The minimum absolute atomic E-state index is 0.0380. The van der Waals surface area contributed by atoms with Crippen molar-refractivity contribution in [3.05, 3.63) is 60.5 Å². The number of hydrogen-bond donors (Lipinski definition) is 0. The van der Waals surface area contributed by atoms with Gasteiger partial charge in [0.25, 0.3) is 0 Å². The van der Waals surface area contributed by atoms with Crippen LogP contribution in [0.3, 0.4) is 0 Å². The summed E-state index contributed by atoms with van der Waals surface area (Å²) in [5, 5.41) is 0. The van der Waals surface area contributed by atoms with E-state index in [2.05, 4.69) is 26.2 Å². The monoisotopic (exact) mass is 470 g/mol. The lowest BCUT2D eigenvalue weighted by molar-refractivity contribution is -0.122. The van der Waals surface area contributed by atoms with E-state index in [1.165, 1.54) is 51.0 Å². The highest BCUT2D eigenvalue weighted by atomic mass is 19.1. The number of ketones is 1. The van der Waals surface area contributed by atoms with Crippen molar-refractivity contribution in [2.75, 3.05) is 0 Å². The Hall–Kier alpha value is -1.70. The van der Waals surface area contributed by atoms with Gasteiger partial charge in [-0.15, -0.1) is 13.2 Å². The fourth-order valence-corrected chi connectivity index (χ4v) is 6.28. The zero-order valence-electron chi connectivity index (χ0n) is 22.8. The molecule has 192 valence electrons. The highest BCUT2D eigenvalue weighted by molar-refractivity contribution is 5.97. The Balaban J connectivity index is 0.000000894. The quantitative estimate of drug-likeness (QED) is 0.378. The molecule has 0 spiro atoms. The molecule has 2 unspecified atom stereocenters. The van der Waals surface area contributed by atoms with Crippen molar-refractivity contribution in [1.29, 1.82) is 0 Å². The standard InChI is InChI=1S/C26H35FO.2C2H6.C2H4/c1-2-18-10-11-22-17-23(13-12-21(22)14-18)25(26(28)20-7-3-4-8-20)16-19-6-5-9-24(27)15-19;3*1-2/h5-7,9,15,18,21-23,25H,2-4,8,10-14,16-17H2,1H3;2*1-2H3;1-2H2/t18?,21-,22-,23-,25?;;;/m1.../s1. The third-order valence-electron chi connectivity index (χ3n) is 7.95. The van der Waals surface area contributed by atoms with Crippen molar-refractivity contribution in [2.24, 2.45) is 29.6 Å². The summed E-state index contributed by atoms with van der Waals surface area (Å²) in [7, 11) is 0. The molecule has 0 aliphatic heterocycles. The summed E-state index contributed by atoms with van der Waals surface area (Å²) in [6, 6.07) is 6.90. The van der Waals surface area contributed by atoms with Crippen LogP contribution in [0.15, 0.2) is 49.1 Å². The Morgan fingerprint density at radius 3 is 2.32 bits per heavy atom.